The third-order valence-electron chi connectivity index (χ3n) is 4.87. The van der Waals surface area contributed by atoms with E-state index in [4.69, 9.17) is 4.74 Å². The smallest absolute Gasteiger partial charge is 0.120 e. The van der Waals surface area contributed by atoms with Crippen molar-refractivity contribution in [3.05, 3.63) is 35.9 Å². The quantitative estimate of drug-likeness (QED) is 0.758. The maximum absolute atomic E-state index is 10.6. The summed E-state index contributed by atoms with van der Waals surface area (Å²) in [5, 5.41) is 0. The van der Waals surface area contributed by atoms with E-state index >= 15 is 0 Å². The van der Waals surface area contributed by atoms with Crippen LogP contribution < -0.4 is 0 Å². The maximum atomic E-state index is 10.6. The minimum atomic E-state index is -0.0375. The second-order valence-corrected chi connectivity index (χ2v) is 5.85. The molecule has 1 aliphatic carbocycles. The van der Waals surface area contributed by atoms with Gasteiger partial charge in [0.1, 0.15) is 6.29 Å². The Hall–Kier alpha value is -1.15. The monoisotopic (exact) mass is 244 g/mol. The van der Waals surface area contributed by atoms with E-state index in [-0.39, 0.29) is 11.0 Å². The summed E-state index contributed by atoms with van der Waals surface area (Å²) in [5.74, 6) is 0. The van der Waals surface area contributed by atoms with E-state index in [0.29, 0.717) is 6.42 Å². The summed E-state index contributed by atoms with van der Waals surface area (Å²) in [6, 6.07) is 10.6. The van der Waals surface area contributed by atoms with Crippen LogP contribution in [0.3, 0.4) is 0 Å². The lowest BCUT2D eigenvalue weighted by atomic mass is 9.62. The van der Waals surface area contributed by atoms with Crippen LogP contribution in [0.1, 0.15) is 44.1 Å². The van der Waals surface area contributed by atoms with Gasteiger partial charge in [-0.3, -0.25) is 0 Å². The molecular formula is C16H20O2. The van der Waals surface area contributed by atoms with Crippen molar-refractivity contribution in [1.29, 1.82) is 0 Å². The van der Waals surface area contributed by atoms with Gasteiger partial charge in [0.05, 0.1) is 12.2 Å². The lowest BCUT2D eigenvalue weighted by molar-refractivity contribution is -0.191. The Bertz CT molecular complexity index is 399. The molecule has 1 saturated carbocycles. The van der Waals surface area contributed by atoms with Crippen LogP contribution in [-0.2, 0) is 15.1 Å². The zero-order valence-corrected chi connectivity index (χ0v) is 10.7. The van der Waals surface area contributed by atoms with Gasteiger partial charge >= 0.3 is 0 Å². The predicted octanol–water partition coefficient (Wildman–Crippen LogP) is 3.45. The second-order valence-electron chi connectivity index (χ2n) is 5.85. The van der Waals surface area contributed by atoms with Crippen LogP contribution in [-0.4, -0.2) is 12.9 Å². The average molecular weight is 244 g/mol. The number of carbonyl (C=O) groups excluding carboxylic acids is 1. The number of benzene rings is 1. The zero-order chi connectivity index (χ0) is 12.5. The first kappa shape index (κ1) is 11.9. The molecule has 96 valence electrons. The molecular weight excluding hydrogens is 224 g/mol. The molecule has 2 bridgehead atoms. The minimum Gasteiger partial charge on any atom is -0.370 e. The van der Waals surface area contributed by atoms with Gasteiger partial charge in [-0.2, -0.15) is 0 Å². The fourth-order valence-corrected chi connectivity index (χ4v) is 3.57. The summed E-state index contributed by atoms with van der Waals surface area (Å²) in [6.45, 7) is 0.829. The summed E-state index contributed by atoms with van der Waals surface area (Å²) < 4.78 is 6.24. The number of ether oxygens (including phenoxy) is 1. The van der Waals surface area contributed by atoms with Crippen molar-refractivity contribution in [3.8, 4) is 0 Å². The number of hydrogen-bond donors (Lipinski definition) is 0. The standard InChI is InChI=1S/C16H20O2/c17-12-4-7-15-8-10-16(11-9-15,18-13-15)14-5-2-1-3-6-14/h1-3,5-6,12H,4,7-11,13H2. The molecule has 0 amide bonds. The summed E-state index contributed by atoms with van der Waals surface area (Å²) in [5.41, 5.74) is 1.58. The van der Waals surface area contributed by atoms with Crippen molar-refractivity contribution in [2.45, 2.75) is 44.1 Å². The van der Waals surface area contributed by atoms with Crippen LogP contribution in [0.4, 0.5) is 0 Å². The zero-order valence-electron chi connectivity index (χ0n) is 10.7. The highest BCUT2D eigenvalue weighted by atomic mass is 16.5. The van der Waals surface area contributed by atoms with Crippen LogP contribution in [0, 0.1) is 5.41 Å². The molecule has 1 aromatic rings. The summed E-state index contributed by atoms with van der Waals surface area (Å²) in [6.07, 6.45) is 7.35. The number of fused-ring (bicyclic) bond motifs is 3. The summed E-state index contributed by atoms with van der Waals surface area (Å²) in [4.78, 5) is 10.6. The van der Waals surface area contributed by atoms with E-state index < -0.39 is 0 Å². The molecule has 2 saturated heterocycles. The van der Waals surface area contributed by atoms with Crippen LogP contribution >= 0.6 is 0 Å². The van der Waals surface area contributed by atoms with Crippen LogP contribution in [0.5, 0.6) is 0 Å². The highest BCUT2D eigenvalue weighted by Crippen LogP contribution is 2.55. The molecule has 3 aliphatic rings. The fourth-order valence-electron chi connectivity index (χ4n) is 3.57. The minimum absolute atomic E-state index is 0.0375. The first-order valence-corrected chi connectivity index (χ1v) is 6.92. The van der Waals surface area contributed by atoms with Gasteiger partial charge in [0.15, 0.2) is 0 Å². The highest BCUT2D eigenvalue weighted by molar-refractivity contribution is 5.49. The predicted molar refractivity (Wildman–Crippen MR) is 70.3 cm³/mol. The molecule has 0 atom stereocenters. The normalized spacial score (nSPS) is 34.4. The summed E-state index contributed by atoms with van der Waals surface area (Å²) in [7, 11) is 0. The Balaban J connectivity index is 1.77. The molecule has 0 aromatic heterocycles. The number of hydrogen-bond acceptors (Lipinski definition) is 2. The van der Waals surface area contributed by atoms with Crippen LogP contribution in [0.2, 0.25) is 0 Å². The second kappa shape index (κ2) is 4.51. The Kier molecular flexibility index (Phi) is 2.98. The van der Waals surface area contributed by atoms with E-state index in [1.807, 2.05) is 0 Å². The lowest BCUT2D eigenvalue weighted by Gasteiger charge is -2.53. The number of carbonyl (C=O) groups is 1. The van der Waals surface area contributed by atoms with Crippen molar-refractivity contribution in [2.75, 3.05) is 6.61 Å². The topological polar surface area (TPSA) is 26.3 Å². The van der Waals surface area contributed by atoms with Crippen molar-refractivity contribution >= 4 is 6.29 Å². The van der Waals surface area contributed by atoms with E-state index in [1.165, 1.54) is 18.4 Å². The SMILES string of the molecule is O=CCCC12CCC(c3ccccc3)(CC1)OC2. The van der Waals surface area contributed by atoms with Crippen molar-refractivity contribution in [3.63, 3.8) is 0 Å². The third-order valence-corrected chi connectivity index (χ3v) is 4.87. The molecule has 2 nitrogen and oxygen atoms in total. The molecule has 0 N–H and O–H groups in total. The first-order valence-electron chi connectivity index (χ1n) is 6.92. The molecule has 0 spiro atoms. The highest BCUT2D eigenvalue weighted by Gasteiger charge is 2.49. The Morgan fingerprint density at radius 1 is 1.11 bits per heavy atom. The van der Waals surface area contributed by atoms with Gasteiger partial charge in [-0.05, 0) is 43.1 Å². The van der Waals surface area contributed by atoms with Crippen LogP contribution in [0.15, 0.2) is 30.3 Å². The largest absolute Gasteiger partial charge is 0.370 e. The van der Waals surface area contributed by atoms with E-state index in [9.17, 15) is 4.79 Å². The van der Waals surface area contributed by atoms with E-state index in [2.05, 4.69) is 30.3 Å². The van der Waals surface area contributed by atoms with Crippen molar-refractivity contribution in [2.24, 2.45) is 5.41 Å². The van der Waals surface area contributed by atoms with E-state index in [1.54, 1.807) is 0 Å². The molecule has 2 heterocycles. The van der Waals surface area contributed by atoms with Gasteiger partial charge in [-0.25, -0.2) is 0 Å². The Morgan fingerprint density at radius 2 is 1.83 bits per heavy atom. The maximum Gasteiger partial charge on any atom is 0.120 e. The molecule has 0 radical (unpaired) electrons. The van der Waals surface area contributed by atoms with Gasteiger partial charge in [0.2, 0.25) is 0 Å². The molecule has 4 rings (SSSR count). The third kappa shape index (κ3) is 1.89. The molecule has 3 fully saturated rings. The van der Waals surface area contributed by atoms with E-state index in [0.717, 1.165) is 32.2 Å². The van der Waals surface area contributed by atoms with Crippen molar-refractivity contribution < 1.29 is 9.53 Å². The molecule has 0 unspecified atom stereocenters. The first-order chi connectivity index (χ1) is 8.79. The Morgan fingerprint density at radius 3 is 2.39 bits per heavy atom. The fraction of sp³-hybridized carbons (Fsp3) is 0.562. The lowest BCUT2D eigenvalue weighted by Crippen LogP contribution is -2.49. The van der Waals surface area contributed by atoms with Gasteiger partial charge in [-0.15, -0.1) is 0 Å². The molecule has 1 aromatic carbocycles. The van der Waals surface area contributed by atoms with Crippen molar-refractivity contribution in [1.82, 2.24) is 0 Å². The van der Waals surface area contributed by atoms with Gasteiger partial charge < -0.3 is 9.53 Å². The van der Waals surface area contributed by atoms with Gasteiger partial charge in [0.25, 0.3) is 0 Å². The summed E-state index contributed by atoms with van der Waals surface area (Å²) >= 11 is 0. The number of aldehydes is 1. The average Bonchev–Trinajstić information content (AvgIpc) is 2.48. The molecule has 18 heavy (non-hydrogen) atoms. The molecule has 2 heteroatoms. The number of rotatable bonds is 4. The van der Waals surface area contributed by atoms with Gasteiger partial charge in [-0.1, -0.05) is 30.3 Å². The van der Waals surface area contributed by atoms with Gasteiger partial charge in [0, 0.05) is 6.42 Å². The van der Waals surface area contributed by atoms with Crippen LogP contribution in [0.25, 0.3) is 0 Å². The Labute approximate surface area is 108 Å². The molecule has 2 aliphatic heterocycles.